The molecule has 0 heterocycles. The first-order valence-electron chi connectivity index (χ1n) is 4.59. The van der Waals surface area contributed by atoms with Crippen LogP contribution in [0.15, 0.2) is 0 Å². The quantitative estimate of drug-likeness (QED) is 0.358. The van der Waals surface area contributed by atoms with Crippen molar-refractivity contribution in [1.29, 1.82) is 0 Å². The topological polar surface area (TPSA) is 107 Å². The Bertz CT molecular complexity index is 257. The summed E-state index contributed by atoms with van der Waals surface area (Å²) in [6, 6.07) is 0. The Kier molecular flexibility index (Phi) is 14.5. The van der Waals surface area contributed by atoms with Crippen LogP contribution in [0, 0.1) is 5.41 Å². The summed E-state index contributed by atoms with van der Waals surface area (Å²) in [5.41, 5.74) is -0.937. The van der Waals surface area contributed by atoms with Crippen molar-refractivity contribution < 1.29 is 86.9 Å². The van der Waals surface area contributed by atoms with E-state index in [1.807, 2.05) is 0 Å². The molecule has 4 N–H and O–H groups in total. The van der Waals surface area contributed by atoms with Gasteiger partial charge in [0.1, 0.15) is 6.10 Å². The van der Waals surface area contributed by atoms with E-state index in [9.17, 15) is 14.7 Å². The summed E-state index contributed by atoms with van der Waals surface area (Å²) in [5, 5.41) is 29.0. The van der Waals surface area contributed by atoms with E-state index in [4.69, 9.17) is 10.2 Å². The number of rotatable bonds is 6. The van der Waals surface area contributed by atoms with Gasteiger partial charge >= 0.3 is 65.1 Å². The van der Waals surface area contributed by atoms with Crippen molar-refractivity contribution in [1.82, 2.24) is 5.32 Å². The average molecular weight is 267 g/mol. The van der Waals surface area contributed by atoms with Gasteiger partial charge in [-0.25, -0.2) is 0 Å². The van der Waals surface area contributed by atoms with Gasteiger partial charge in [-0.1, -0.05) is 13.8 Å². The van der Waals surface area contributed by atoms with Crippen LogP contribution in [-0.4, -0.2) is 46.5 Å². The van der Waals surface area contributed by atoms with Crippen LogP contribution in [0.4, 0.5) is 0 Å². The summed E-state index contributed by atoms with van der Waals surface area (Å²) in [4.78, 5) is 21.4. The normalized spacial score (nSPS) is 11.8. The Balaban J connectivity index is -0.000000163. The number of carbonyl (C=O) groups is 2. The standard InChI is InChI=1S/C9H17NO5.2Na.2H/c1-9(2,5-11)7(14)8(15)10-4-3-6(12)13;;;;/h7,11,14H,3-5H2,1-2H3,(H,10,15)(H,12,13);;;;/q;2*+1;2*-1/t7-;;;;/m0..../s1. The predicted octanol–water partition coefficient (Wildman–Crippen LogP) is -6.81. The number of hydrogen-bond acceptors (Lipinski definition) is 4. The monoisotopic (exact) mass is 267 g/mol. The molecule has 0 aromatic heterocycles. The first-order valence-corrected chi connectivity index (χ1v) is 4.59. The maximum absolute atomic E-state index is 11.3. The maximum Gasteiger partial charge on any atom is 1.00 e. The molecular formula is C9H19NNa2O5. The molecule has 0 saturated carbocycles. The van der Waals surface area contributed by atoms with Crippen LogP contribution in [0.1, 0.15) is 23.1 Å². The van der Waals surface area contributed by atoms with Crippen LogP contribution in [0.25, 0.3) is 0 Å². The van der Waals surface area contributed by atoms with E-state index in [1.165, 1.54) is 13.8 Å². The predicted molar refractivity (Wildman–Crippen MR) is 54.4 cm³/mol. The molecule has 0 aromatic rings. The zero-order chi connectivity index (χ0) is 12.1. The Morgan fingerprint density at radius 2 is 1.82 bits per heavy atom. The molecule has 92 valence electrons. The maximum atomic E-state index is 11.3. The summed E-state index contributed by atoms with van der Waals surface area (Å²) in [5.74, 6) is -1.69. The molecule has 6 nitrogen and oxygen atoms in total. The molecule has 1 atom stereocenters. The zero-order valence-electron chi connectivity index (χ0n) is 12.9. The largest absolute Gasteiger partial charge is 1.00 e. The van der Waals surface area contributed by atoms with E-state index in [-0.39, 0.29) is 81.5 Å². The fraction of sp³-hybridized carbons (Fsp3) is 0.778. The molecule has 0 aliphatic heterocycles. The van der Waals surface area contributed by atoms with Gasteiger partial charge in [0.05, 0.1) is 13.0 Å². The first kappa shape index (κ1) is 23.0. The number of aliphatic carboxylic acids is 1. The number of amides is 1. The van der Waals surface area contributed by atoms with Gasteiger partial charge in [-0.2, -0.15) is 0 Å². The molecule has 0 rings (SSSR count). The Hall–Kier alpha value is 0.860. The van der Waals surface area contributed by atoms with E-state index in [0.29, 0.717) is 0 Å². The van der Waals surface area contributed by atoms with E-state index < -0.39 is 23.4 Å². The van der Waals surface area contributed by atoms with Crippen LogP contribution in [0.5, 0.6) is 0 Å². The van der Waals surface area contributed by atoms with Gasteiger partial charge in [0.2, 0.25) is 5.91 Å². The number of carboxylic acid groups (broad SMARTS) is 1. The molecule has 0 unspecified atom stereocenters. The van der Waals surface area contributed by atoms with Crippen molar-refractivity contribution in [2.75, 3.05) is 13.2 Å². The SMILES string of the molecule is CC(C)(CO)[C@@H](O)C(=O)NCCC(=O)O.[H-].[H-].[Na+].[Na+]. The fourth-order valence-electron chi connectivity index (χ4n) is 0.831. The van der Waals surface area contributed by atoms with E-state index in [2.05, 4.69) is 5.32 Å². The van der Waals surface area contributed by atoms with Crippen molar-refractivity contribution in [3.8, 4) is 0 Å². The van der Waals surface area contributed by atoms with Crippen molar-refractivity contribution in [3.63, 3.8) is 0 Å². The molecule has 17 heavy (non-hydrogen) atoms. The number of aliphatic hydroxyl groups is 2. The smallest absolute Gasteiger partial charge is 1.00 e. The van der Waals surface area contributed by atoms with Crippen LogP contribution in [0.3, 0.4) is 0 Å². The zero-order valence-corrected chi connectivity index (χ0v) is 14.9. The minimum atomic E-state index is -1.35. The number of carboxylic acids is 1. The molecule has 0 radical (unpaired) electrons. The van der Waals surface area contributed by atoms with E-state index in [1.54, 1.807) is 0 Å². The Labute approximate surface area is 148 Å². The van der Waals surface area contributed by atoms with Gasteiger partial charge in [0, 0.05) is 12.0 Å². The second-order valence-electron chi connectivity index (χ2n) is 3.98. The van der Waals surface area contributed by atoms with Crippen LogP contribution >= 0.6 is 0 Å². The summed E-state index contributed by atoms with van der Waals surface area (Å²) >= 11 is 0. The number of nitrogens with one attached hydrogen (secondary N) is 1. The van der Waals surface area contributed by atoms with Gasteiger partial charge in [-0.15, -0.1) is 0 Å². The Morgan fingerprint density at radius 3 is 2.18 bits per heavy atom. The van der Waals surface area contributed by atoms with Gasteiger partial charge in [0.15, 0.2) is 0 Å². The molecular weight excluding hydrogens is 248 g/mol. The molecule has 1 amide bonds. The van der Waals surface area contributed by atoms with Crippen molar-refractivity contribution >= 4 is 11.9 Å². The molecule has 8 heteroatoms. The third-order valence-corrected chi connectivity index (χ3v) is 2.03. The molecule has 0 saturated heterocycles. The van der Waals surface area contributed by atoms with E-state index in [0.717, 1.165) is 0 Å². The first-order chi connectivity index (χ1) is 6.81. The molecule has 0 spiro atoms. The molecule has 0 aliphatic carbocycles. The summed E-state index contributed by atoms with van der Waals surface area (Å²) in [7, 11) is 0. The second-order valence-corrected chi connectivity index (χ2v) is 3.98. The van der Waals surface area contributed by atoms with Crippen LogP contribution in [0.2, 0.25) is 0 Å². The second kappa shape index (κ2) is 10.8. The van der Waals surface area contributed by atoms with E-state index >= 15 is 0 Å². The van der Waals surface area contributed by atoms with Crippen LogP contribution < -0.4 is 64.4 Å². The summed E-state index contributed by atoms with van der Waals surface area (Å²) in [6.45, 7) is 2.70. The number of aliphatic hydroxyl groups excluding tert-OH is 2. The molecule has 0 aromatic carbocycles. The van der Waals surface area contributed by atoms with Crippen LogP contribution in [-0.2, 0) is 9.59 Å². The molecule has 0 bridgehead atoms. The van der Waals surface area contributed by atoms with Crippen molar-refractivity contribution in [2.24, 2.45) is 5.41 Å². The average Bonchev–Trinajstić information content (AvgIpc) is 2.15. The minimum absolute atomic E-state index is 0. The third kappa shape index (κ3) is 9.44. The van der Waals surface area contributed by atoms with Gasteiger partial charge in [-0.05, 0) is 0 Å². The number of hydrogen-bond donors (Lipinski definition) is 4. The summed E-state index contributed by atoms with van der Waals surface area (Å²) < 4.78 is 0. The third-order valence-electron chi connectivity index (χ3n) is 2.03. The van der Waals surface area contributed by atoms with Gasteiger partial charge < -0.3 is 23.5 Å². The molecule has 0 fully saturated rings. The fourth-order valence-corrected chi connectivity index (χ4v) is 0.831. The summed E-state index contributed by atoms with van der Waals surface area (Å²) in [6.07, 6.45) is -1.55. The van der Waals surface area contributed by atoms with Gasteiger partial charge in [-0.3, -0.25) is 9.59 Å². The Morgan fingerprint density at radius 1 is 1.35 bits per heavy atom. The molecule has 0 aliphatic rings. The number of carbonyl (C=O) groups excluding carboxylic acids is 1. The van der Waals surface area contributed by atoms with Crippen molar-refractivity contribution in [3.05, 3.63) is 0 Å². The minimum Gasteiger partial charge on any atom is -1.00 e. The van der Waals surface area contributed by atoms with Gasteiger partial charge in [0.25, 0.3) is 0 Å². The van der Waals surface area contributed by atoms with Crippen molar-refractivity contribution in [2.45, 2.75) is 26.4 Å².